The van der Waals surface area contributed by atoms with Crippen molar-refractivity contribution in [2.75, 3.05) is 7.04 Å². The molecule has 66 valence electrons. The number of hydrogen-bond acceptors (Lipinski definition) is 4. The number of methoxy groups -OCH3 is 1. The van der Waals surface area contributed by atoms with Gasteiger partial charge in [-0.1, -0.05) is 0 Å². The zero-order valence-electron chi connectivity index (χ0n) is 9.56. The van der Waals surface area contributed by atoms with Crippen LogP contribution in [0.25, 0.3) is 0 Å². The molecule has 0 aromatic heterocycles. The van der Waals surface area contributed by atoms with Gasteiger partial charge in [-0.05, 0) is 18.2 Å². The highest BCUT2D eigenvalue weighted by Gasteiger charge is 2.16. The summed E-state index contributed by atoms with van der Waals surface area (Å²) >= 11 is 0. The highest BCUT2D eigenvalue weighted by atomic mass is 16.5. The third-order valence-electron chi connectivity index (χ3n) is 1.54. The quantitative estimate of drug-likeness (QED) is 0.587. The summed E-state index contributed by atoms with van der Waals surface area (Å²) in [4.78, 5) is 0. The Balaban J connectivity index is 3.09. The molecule has 5 heteroatoms. The molecule has 0 aliphatic carbocycles. The maximum absolute atomic E-state index is 8.97. The first kappa shape index (κ1) is 6.03. The first-order chi connectivity index (χ1) is 7.33. The molecule has 1 aromatic carbocycles. The number of nitriles is 1. The average Bonchev–Trinajstić information content (AvgIpc) is 2.15. The Bertz CT molecular complexity index is 428. The van der Waals surface area contributed by atoms with Gasteiger partial charge in [0.05, 0.1) is 22.8 Å². The predicted molar refractivity (Wildman–Crippen MR) is 47.5 cm³/mol. The van der Waals surface area contributed by atoms with Gasteiger partial charge in [0.2, 0.25) is 0 Å². The Morgan fingerprint density at radius 3 is 2.92 bits per heavy atom. The van der Waals surface area contributed by atoms with E-state index in [1.165, 1.54) is 12.1 Å². The van der Waals surface area contributed by atoms with Gasteiger partial charge in [0, 0.05) is 5.46 Å². The van der Waals surface area contributed by atoms with Crippen molar-refractivity contribution in [3.8, 4) is 11.8 Å². The highest BCUT2D eigenvalue weighted by molar-refractivity contribution is 6.59. The van der Waals surface area contributed by atoms with Crippen LogP contribution in [0.4, 0.5) is 0 Å². The van der Waals surface area contributed by atoms with Gasteiger partial charge in [0.25, 0.3) is 0 Å². The Kier molecular flexibility index (Phi) is 1.83. The van der Waals surface area contributed by atoms with Crippen LogP contribution in [0.3, 0.4) is 0 Å². The summed E-state index contributed by atoms with van der Waals surface area (Å²) in [6, 6.07) is 5.39. The SMILES string of the molecule is [2H]C([2H])([2H])Oc1ccc(C#N)c(B(O)O)c1. The van der Waals surface area contributed by atoms with Crippen LogP contribution in [0.1, 0.15) is 9.68 Å². The molecule has 0 atom stereocenters. The minimum Gasteiger partial charge on any atom is -0.497 e. The van der Waals surface area contributed by atoms with E-state index in [4.69, 9.17) is 19.4 Å². The number of ether oxygens (including phenoxy) is 1. The summed E-state index contributed by atoms with van der Waals surface area (Å²) in [5, 5.41) is 26.6. The number of benzene rings is 1. The van der Waals surface area contributed by atoms with Crippen LogP contribution in [0.2, 0.25) is 0 Å². The number of nitrogens with zero attached hydrogens (tertiary/aromatic N) is 1. The van der Waals surface area contributed by atoms with Crippen LogP contribution in [-0.4, -0.2) is 24.2 Å². The normalized spacial score (nSPS) is 13.5. The summed E-state index contributed by atoms with van der Waals surface area (Å²) in [6.07, 6.45) is 0. The molecule has 0 radical (unpaired) electrons. The van der Waals surface area contributed by atoms with Crippen LogP contribution >= 0.6 is 0 Å². The summed E-state index contributed by atoms with van der Waals surface area (Å²) in [6.45, 7) is 0. The second-order valence-corrected chi connectivity index (χ2v) is 2.34. The molecule has 13 heavy (non-hydrogen) atoms. The molecule has 0 amide bonds. The molecule has 2 N–H and O–H groups in total. The molecule has 1 rings (SSSR count). The standard InChI is InChI=1S/C8H8BNO3/c1-13-7-3-2-6(5-10)8(4-7)9(11)12/h2-4,11-12H,1H3/i1D3. The van der Waals surface area contributed by atoms with Crippen molar-refractivity contribution in [1.29, 1.82) is 5.26 Å². The molecule has 0 heterocycles. The van der Waals surface area contributed by atoms with Crippen LogP contribution in [0.15, 0.2) is 18.2 Å². The first-order valence-electron chi connectivity index (χ1n) is 4.92. The summed E-state index contributed by atoms with van der Waals surface area (Å²) in [7, 11) is -4.47. The van der Waals surface area contributed by atoms with Crippen LogP contribution in [0.5, 0.6) is 5.75 Å². The molecular weight excluding hydrogens is 169 g/mol. The fourth-order valence-electron chi connectivity index (χ4n) is 0.920. The monoisotopic (exact) mass is 180 g/mol. The fourth-order valence-corrected chi connectivity index (χ4v) is 0.920. The first-order valence-corrected chi connectivity index (χ1v) is 3.42. The maximum Gasteiger partial charge on any atom is 0.489 e. The lowest BCUT2D eigenvalue weighted by Gasteiger charge is -2.04. The maximum atomic E-state index is 8.97. The lowest BCUT2D eigenvalue weighted by atomic mass is 9.77. The molecular formula is C8H8BNO3. The summed E-state index contributed by atoms with van der Waals surface area (Å²) in [5.41, 5.74) is -0.0443. The smallest absolute Gasteiger partial charge is 0.489 e. The zero-order valence-corrected chi connectivity index (χ0v) is 6.56. The van der Waals surface area contributed by atoms with Crippen molar-refractivity contribution in [2.24, 2.45) is 0 Å². The number of hydrogen-bond donors (Lipinski definition) is 2. The van der Waals surface area contributed by atoms with Gasteiger partial charge < -0.3 is 14.8 Å². The fraction of sp³-hybridized carbons (Fsp3) is 0.125. The number of rotatable bonds is 2. The van der Waals surface area contributed by atoms with Crippen molar-refractivity contribution >= 4 is 12.6 Å². The van der Waals surface area contributed by atoms with Crippen LogP contribution < -0.4 is 10.2 Å². The topological polar surface area (TPSA) is 73.5 Å². The van der Waals surface area contributed by atoms with E-state index in [1.807, 2.05) is 0 Å². The highest BCUT2D eigenvalue weighted by Crippen LogP contribution is 2.09. The third-order valence-corrected chi connectivity index (χ3v) is 1.54. The van der Waals surface area contributed by atoms with Crippen LogP contribution in [0, 0.1) is 11.3 Å². The summed E-state index contributed by atoms with van der Waals surface area (Å²) < 4.78 is 25.2. The van der Waals surface area contributed by atoms with Crippen molar-refractivity contribution in [2.45, 2.75) is 0 Å². The van der Waals surface area contributed by atoms with Gasteiger partial charge in [-0.15, -0.1) is 0 Å². The van der Waals surface area contributed by atoms with E-state index in [0.29, 0.717) is 0 Å². The van der Waals surface area contributed by atoms with Crippen molar-refractivity contribution in [3.05, 3.63) is 23.8 Å². The second-order valence-electron chi connectivity index (χ2n) is 2.34. The lowest BCUT2D eigenvalue weighted by Crippen LogP contribution is -2.32. The van der Waals surface area contributed by atoms with E-state index >= 15 is 0 Å². The molecule has 0 saturated heterocycles. The summed E-state index contributed by atoms with van der Waals surface area (Å²) in [5.74, 6) is -0.0536. The van der Waals surface area contributed by atoms with E-state index < -0.39 is 14.2 Å². The Morgan fingerprint density at radius 2 is 2.38 bits per heavy atom. The van der Waals surface area contributed by atoms with E-state index in [0.717, 1.165) is 6.07 Å². The molecule has 0 aliphatic rings. The Hall–Kier alpha value is -1.51. The van der Waals surface area contributed by atoms with E-state index in [1.54, 1.807) is 6.07 Å². The van der Waals surface area contributed by atoms with Gasteiger partial charge in [0.1, 0.15) is 5.75 Å². The van der Waals surface area contributed by atoms with Crippen LogP contribution in [-0.2, 0) is 0 Å². The molecule has 0 aliphatic heterocycles. The molecule has 0 fully saturated rings. The minimum atomic E-state index is -2.62. The van der Waals surface area contributed by atoms with Gasteiger partial charge in [-0.25, -0.2) is 0 Å². The Morgan fingerprint density at radius 1 is 1.62 bits per heavy atom. The molecule has 0 spiro atoms. The largest absolute Gasteiger partial charge is 0.497 e. The van der Waals surface area contributed by atoms with Crippen molar-refractivity contribution in [3.63, 3.8) is 0 Å². The van der Waals surface area contributed by atoms with Gasteiger partial charge >= 0.3 is 7.12 Å². The molecule has 0 unspecified atom stereocenters. The average molecular weight is 180 g/mol. The third kappa shape index (κ3) is 1.99. The zero-order chi connectivity index (χ0) is 12.3. The molecule has 0 bridgehead atoms. The van der Waals surface area contributed by atoms with E-state index in [9.17, 15) is 0 Å². The predicted octanol–water partition coefficient (Wildman–Crippen LogP) is -0.753. The van der Waals surface area contributed by atoms with Crippen molar-refractivity contribution in [1.82, 2.24) is 0 Å². The van der Waals surface area contributed by atoms with Gasteiger partial charge in [-0.2, -0.15) is 5.26 Å². The molecule has 0 saturated carbocycles. The van der Waals surface area contributed by atoms with Gasteiger partial charge in [-0.3, -0.25) is 0 Å². The Labute approximate surface area is 80.4 Å². The van der Waals surface area contributed by atoms with Crippen molar-refractivity contribution < 1.29 is 18.9 Å². The minimum absolute atomic E-state index is 0.0490. The second kappa shape index (κ2) is 3.94. The molecule has 4 nitrogen and oxygen atoms in total. The van der Waals surface area contributed by atoms with E-state index in [-0.39, 0.29) is 16.8 Å². The van der Waals surface area contributed by atoms with E-state index in [2.05, 4.69) is 4.74 Å². The van der Waals surface area contributed by atoms with Gasteiger partial charge in [0.15, 0.2) is 0 Å². The lowest BCUT2D eigenvalue weighted by molar-refractivity contribution is 0.412. The molecule has 1 aromatic rings.